The van der Waals surface area contributed by atoms with E-state index in [1.165, 1.54) is 23.1 Å². The lowest BCUT2D eigenvalue weighted by atomic mass is 10.1. The Morgan fingerprint density at radius 2 is 1.69 bits per heavy atom. The van der Waals surface area contributed by atoms with Crippen LogP contribution in [0.5, 0.6) is 0 Å². The van der Waals surface area contributed by atoms with Crippen LogP contribution in [0.2, 0.25) is 0 Å². The van der Waals surface area contributed by atoms with Gasteiger partial charge < -0.3 is 16.0 Å². The summed E-state index contributed by atoms with van der Waals surface area (Å²) in [5, 5.41) is 12.9. The number of carbonyl (C=O) groups excluding carboxylic acids is 3. The van der Waals surface area contributed by atoms with E-state index in [1.807, 2.05) is 59.3 Å². The predicted octanol–water partition coefficient (Wildman–Crippen LogP) is 7.77. The van der Waals surface area contributed by atoms with Crippen LogP contribution in [0.4, 0.5) is 10.8 Å². The molecule has 2 aromatic heterocycles. The lowest BCUT2D eigenvalue weighted by Gasteiger charge is -2.12. The Morgan fingerprint density at radius 3 is 2.45 bits per heavy atom. The Balaban J connectivity index is 1.23. The average Bonchev–Trinajstić information content (AvgIpc) is 3.70. The highest BCUT2D eigenvalue weighted by Gasteiger charge is 2.16. The molecular formula is C31H23BrN4O3S3. The van der Waals surface area contributed by atoms with Gasteiger partial charge in [0.2, 0.25) is 5.91 Å². The minimum absolute atomic E-state index is 0.0916. The average molecular weight is 676 g/mol. The molecule has 11 heteroatoms. The SMILES string of the molecule is O=C(CSc1cccc(NC(=O)/C(=C/c2ccc(Br)cc2)NC(=O)c2ccccc2)c1)Nc1nc(-c2cccs2)cs1. The Labute approximate surface area is 263 Å². The van der Waals surface area contributed by atoms with Crippen LogP contribution in [0.25, 0.3) is 16.6 Å². The normalized spacial score (nSPS) is 11.1. The largest absolute Gasteiger partial charge is 0.321 e. The molecule has 0 spiro atoms. The molecule has 0 saturated carbocycles. The van der Waals surface area contributed by atoms with Crippen molar-refractivity contribution in [3.63, 3.8) is 0 Å². The van der Waals surface area contributed by atoms with Crippen molar-refractivity contribution in [1.82, 2.24) is 10.3 Å². The Morgan fingerprint density at radius 1 is 0.881 bits per heavy atom. The zero-order chi connectivity index (χ0) is 29.3. The number of aromatic nitrogens is 1. The van der Waals surface area contributed by atoms with Crippen LogP contribution >= 0.6 is 50.4 Å². The van der Waals surface area contributed by atoms with Crippen molar-refractivity contribution in [3.8, 4) is 10.6 Å². The molecule has 42 heavy (non-hydrogen) atoms. The zero-order valence-electron chi connectivity index (χ0n) is 21.9. The maximum absolute atomic E-state index is 13.3. The molecule has 0 aliphatic carbocycles. The molecule has 5 aromatic rings. The molecule has 0 unspecified atom stereocenters. The molecule has 0 radical (unpaired) electrons. The van der Waals surface area contributed by atoms with Gasteiger partial charge in [-0.2, -0.15) is 0 Å². The number of thiophene rings is 1. The van der Waals surface area contributed by atoms with E-state index in [0.717, 1.165) is 25.5 Å². The number of hydrogen-bond acceptors (Lipinski definition) is 7. The maximum atomic E-state index is 13.3. The molecule has 0 atom stereocenters. The number of nitrogens with zero attached hydrogens (tertiary/aromatic N) is 1. The van der Waals surface area contributed by atoms with E-state index in [4.69, 9.17) is 0 Å². The monoisotopic (exact) mass is 674 g/mol. The number of hydrogen-bond donors (Lipinski definition) is 3. The van der Waals surface area contributed by atoms with E-state index in [1.54, 1.807) is 59.9 Å². The van der Waals surface area contributed by atoms with Crippen LogP contribution in [-0.4, -0.2) is 28.5 Å². The van der Waals surface area contributed by atoms with Gasteiger partial charge >= 0.3 is 0 Å². The Hall–Kier alpha value is -4.03. The molecule has 0 aliphatic rings. The summed E-state index contributed by atoms with van der Waals surface area (Å²) in [5.74, 6) is -0.878. The van der Waals surface area contributed by atoms with Crippen molar-refractivity contribution >= 4 is 85.0 Å². The van der Waals surface area contributed by atoms with Gasteiger partial charge in [-0.1, -0.05) is 58.4 Å². The molecule has 3 aromatic carbocycles. The van der Waals surface area contributed by atoms with Crippen LogP contribution in [-0.2, 0) is 9.59 Å². The van der Waals surface area contributed by atoms with Crippen LogP contribution in [0.15, 0.2) is 117 Å². The predicted molar refractivity (Wildman–Crippen MR) is 176 cm³/mol. The number of thiazole rings is 1. The second-order valence-electron chi connectivity index (χ2n) is 8.76. The van der Waals surface area contributed by atoms with Crippen molar-refractivity contribution in [2.45, 2.75) is 4.90 Å². The van der Waals surface area contributed by atoms with Crippen molar-refractivity contribution in [2.75, 3.05) is 16.4 Å². The van der Waals surface area contributed by atoms with Gasteiger partial charge in [-0.3, -0.25) is 14.4 Å². The molecule has 0 saturated heterocycles. The van der Waals surface area contributed by atoms with Gasteiger partial charge in [0, 0.05) is 26.0 Å². The van der Waals surface area contributed by atoms with E-state index in [2.05, 4.69) is 36.9 Å². The van der Waals surface area contributed by atoms with Crippen LogP contribution in [0.3, 0.4) is 0 Å². The minimum atomic E-state index is -0.479. The topological polar surface area (TPSA) is 100 Å². The van der Waals surface area contributed by atoms with Crippen LogP contribution in [0.1, 0.15) is 15.9 Å². The minimum Gasteiger partial charge on any atom is -0.321 e. The summed E-state index contributed by atoms with van der Waals surface area (Å²) < 4.78 is 0.900. The number of amides is 3. The van der Waals surface area contributed by atoms with Gasteiger partial charge in [-0.05, 0) is 65.6 Å². The number of benzene rings is 3. The van der Waals surface area contributed by atoms with Gasteiger partial charge in [0.15, 0.2) is 5.13 Å². The molecule has 3 N–H and O–H groups in total. The number of carbonyl (C=O) groups is 3. The highest BCUT2D eigenvalue weighted by atomic mass is 79.9. The highest BCUT2D eigenvalue weighted by molar-refractivity contribution is 9.10. The highest BCUT2D eigenvalue weighted by Crippen LogP contribution is 2.29. The first-order chi connectivity index (χ1) is 20.4. The molecule has 5 rings (SSSR count). The number of rotatable bonds is 10. The summed E-state index contributed by atoms with van der Waals surface area (Å²) >= 11 is 7.73. The summed E-state index contributed by atoms with van der Waals surface area (Å²) in [7, 11) is 0. The fraction of sp³-hybridized carbons (Fsp3) is 0.0323. The molecule has 0 fully saturated rings. The number of nitrogens with one attached hydrogen (secondary N) is 3. The summed E-state index contributed by atoms with van der Waals surface area (Å²) in [6, 6.07) is 27.2. The quantitative estimate of drug-likeness (QED) is 0.104. The Kier molecular flexibility index (Phi) is 9.98. The smallest absolute Gasteiger partial charge is 0.272 e. The van der Waals surface area contributed by atoms with Crippen molar-refractivity contribution in [1.29, 1.82) is 0 Å². The van der Waals surface area contributed by atoms with Crippen LogP contribution < -0.4 is 16.0 Å². The van der Waals surface area contributed by atoms with Crippen molar-refractivity contribution in [2.24, 2.45) is 0 Å². The number of anilines is 2. The maximum Gasteiger partial charge on any atom is 0.272 e. The first-order valence-electron chi connectivity index (χ1n) is 12.6. The summed E-state index contributed by atoms with van der Waals surface area (Å²) in [6.07, 6.45) is 1.62. The lowest BCUT2D eigenvalue weighted by molar-refractivity contribution is -0.114. The zero-order valence-corrected chi connectivity index (χ0v) is 25.9. The third-order valence-electron chi connectivity index (χ3n) is 5.70. The van der Waals surface area contributed by atoms with Crippen molar-refractivity contribution in [3.05, 3.63) is 123 Å². The first-order valence-corrected chi connectivity index (χ1v) is 16.1. The molecule has 2 heterocycles. The van der Waals surface area contributed by atoms with Crippen molar-refractivity contribution < 1.29 is 14.4 Å². The standard InChI is InChI=1S/C31H23BrN4O3S3/c32-22-13-11-20(12-14-22)16-25(34-29(38)21-6-2-1-3-7-21)30(39)33-23-8-4-9-24(17-23)41-19-28(37)36-31-35-26(18-42-31)27-10-5-15-40-27/h1-18H,19H2,(H,33,39)(H,34,38)(H,35,36,37)/b25-16-. The van der Waals surface area contributed by atoms with Gasteiger partial charge in [-0.25, -0.2) is 4.98 Å². The second-order valence-corrected chi connectivity index (χ2v) is 12.5. The van der Waals surface area contributed by atoms with E-state index in [-0.39, 0.29) is 17.4 Å². The molecule has 3 amide bonds. The van der Waals surface area contributed by atoms with Crippen LogP contribution in [0, 0.1) is 0 Å². The van der Waals surface area contributed by atoms with E-state index in [9.17, 15) is 14.4 Å². The molecular weight excluding hydrogens is 652 g/mol. The fourth-order valence-electron chi connectivity index (χ4n) is 3.70. The third-order valence-corrected chi connectivity index (χ3v) is 8.87. The second kappa shape index (κ2) is 14.2. The summed E-state index contributed by atoms with van der Waals surface area (Å²) in [4.78, 5) is 45.1. The lowest BCUT2D eigenvalue weighted by Crippen LogP contribution is -2.30. The van der Waals surface area contributed by atoms with Gasteiger partial charge in [0.25, 0.3) is 11.8 Å². The molecule has 7 nitrogen and oxygen atoms in total. The summed E-state index contributed by atoms with van der Waals surface area (Å²) in [5.41, 5.74) is 2.64. The van der Waals surface area contributed by atoms with Gasteiger partial charge in [0.05, 0.1) is 16.3 Å². The molecule has 0 bridgehead atoms. The van der Waals surface area contributed by atoms with Gasteiger partial charge in [0.1, 0.15) is 5.70 Å². The summed E-state index contributed by atoms with van der Waals surface area (Å²) in [6.45, 7) is 0. The van der Waals surface area contributed by atoms with E-state index in [0.29, 0.717) is 16.4 Å². The van der Waals surface area contributed by atoms with E-state index < -0.39 is 11.8 Å². The first kappa shape index (κ1) is 29.5. The number of thioether (sulfide) groups is 1. The fourth-order valence-corrected chi connectivity index (χ4v) is 6.21. The molecule has 210 valence electrons. The van der Waals surface area contributed by atoms with Gasteiger partial charge in [-0.15, -0.1) is 34.4 Å². The third kappa shape index (κ3) is 8.26. The molecule has 0 aliphatic heterocycles. The number of halogens is 1. The Bertz CT molecular complexity index is 1720. The van der Waals surface area contributed by atoms with E-state index >= 15 is 0 Å².